The summed E-state index contributed by atoms with van der Waals surface area (Å²) in [6.07, 6.45) is -4.45. The number of ether oxygens (including phenoxy) is 1. The molecule has 1 aromatic rings. The fraction of sp³-hybridized carbons (Fsp3) is 0.417. The van der Waals surface area contributed by atoms with Crippen molar-refractivity contribution < 1.29 is 22.7 Å². The molecule has 100 valence electrons. The van der Waals surface area contributed by atoms with E-state index in [0.717, 1.165) is 12.1 Å². The highest BCUT2D eigenvalue weighted by Crippen LogP contribution is 2.29. The topological polar surface area (TPSA) is 38.3 Å². The highest BCUT2D eigenvalue weighted by Gasteiger charge is 2.30. The van der Waals surface area contributed by atoms with Gasteiger partial charge in [0.15, 0.2) is 0 Å². The third-order valence-corrected chi connectivity index (χ3v) is 2.25. The second kappa shape index (κ2) is 5.86. The van der Waals surface area contributed by atoms with Crippen LogP contribution < -0.4 is 5.32 Å². The summed E-state index contributed by atoms with van der Waals surface area (Å²) < 4.78 is 42.2. The first-order valence-electron chi connectivity index (χ1n) is 5.31. The van der Waals surface area contributed by atoms with Gasteiger partial charge in [-0.25, -0.2) is 0 Å². The van der Waals surface area contributed by atoms with Gasteiger partial charge < -0.3 is 10.1 Å². The van der Waals surface area contributed by atoms with Crippen LogP contribution in [0.1, 0.15) is 22.8 Å². The molecule has 0 fully saturated rings. The van der Waals surface area contributed by atoms with Crippen molar-refractivity contribution in [3.05, 3.63) is 35.4 Å². The van der Waals surface area contributed by atoms with Crippen molar-refractivity contribution in [3.63, 3.8) is 0 Å². The molecule has 0 heterocycles. The predicted octanol–water partition coefficient (Wildman–Crippen LogP) is 2.47. The number of methoxy groups -OCH3 is 1. The van der Waals surface area contributed by atoms with Gasteiger partial charge in [0.05, 0.1) is 12.2 Å². The van der Waals surface area contributed by atoms with Crippen LogP contribution in [0.2, 0.25) is 0 Å². The largest absolute Gasteiger partial charge is 0.416 e. The number of benzene rings is 1. The normalized spacial score (nSPS) is 13.2. The van der Waals surface area contributed by atoms with Gasteiger partial charge in [-0.05, 0) is 25.1 Å². The molecule has 0 saturated heterocycles. The van der Waals surface area contributed by atoms with Crippen LogP contribution in [0, 0.1) is 0 Å². The lowest BCUT2D eigenvalue weighted by Crippen LogP contribution is -2.35. The molecule has 1 amide bonds. The lowest BCUT2D eigenvalue weighted by Gasteiger charge is -2.13. The molecule has 1 atom stereocenters. The van der Waals surface area contributed by atoms with Crippen LogP contribution in [0.25, 0.3) is 0 Å². The van der Waals surface area contributed by atoms with Crippen molar-refractivity contribution in [1.82, 2.24) is 5.32 Å². The Morgan fingerprint density at radius 2 is 2.11 bits per heavy atom. The quantitative estimate of drug-likeness (QED) is 0.904. The van der Waals surface area contributed by atoms with E-state index in [1.165, 1.54) is 19.2 Å². The van der Waals surface area contributed by atoms with Crippen LogP contribution in [-0.2, 0) is 10.9 Å². The number of nitrogens with one attached hydrogen (secondary N) is 1. The zero-order valence-corrected chi connectivity index (χ0v) is 10.0. The highest BCUT2D eigenvalue weighted by atomic mass is 19.4. The predicted molar refractivity (Wildman–Crippen MR) is 60.2 cm³/mol. The Bertz CT molecular complexity index is 418. The van der Waals surface area contributed by atoms with E-state index in [2.05, 4.69) is 5.32 Å². The van der Waals surface area contributed by atoms with E-state index in [9.17, 15) is 18.0 Å². The SMILES string of the molecule is COC[C@@H](C)NC(=O)c1cccc(C(F)(F)F)c1. The van der Waals surface area contributed by atoms with E-state index in [4.69, 9.17) is 4.74 Å². The van der Waals surface area contributed by atoms with Crippen LogP contribution in [0.3, 0.4) is 0 Å². The van der Waals surface area contributed by atoms with Crippen molar-refractivity contribution in [1.29, 1.82) is 0 Å². The lowest BCUT2D eigenvalue weighted by atomic mass is 10.1. The van der Waals surface area contributed by atoms with Crippen molar-refractivity contribution in [2.75, 3.05) is 13.7 Å². The maximum Gasteiger partial charge on any atom is 0.416 e. The van der Waals surface area contributed by atoms with Gasteiger partial charge in [0.25, 0.3) is 5.91 Å². The minimum absolute atomic E-state index is 0.0206. The summed E-state index contributed by atoms with van der Waals surface area (Å²) in [5.41, 5.74) is -0.859. The van der Waals surface area contributed by atoms with E-state index in [1.54, 1.807) is 6.92 Å². The number of halogens is 3. The van der Waals surface area contributed by atoms with Gasteiger partial charge in [0, 0.05) is 18.7 Å². The summed E-state index contributed by atoms with van der Waals surface area (Å²) in [7, 11) is 1.48. The number of carbonyl (C=O) groups excluding carboxylic acids is 1. The first-order valence-corrected chi connectivity index (χ1v) is 5.31. The van der Waals surface area contributed by atoms with Gasteiger partial charge in [-0.3, -0.25) is 4.79 Å². The Morgan fingerprint density at radius 3 is 2.67 bits per heavy atom. The molecule has 18 heavy (non-hydrogen) atoms. The van der Waals surface area contributed by atoms with Gasteiger partial charge in [-0.15, -0.1) is 0 Å². The van der Waals surface area contributed by atoms with Crippen LogP contribution in [0.4, 0.5) is 13.2 Å². The molecule has 1 N–H and O–H groups in total. The lowest BCUT2D eigenvalue weighted by molar-refractivity contribution is -0.137. The highest BCUT2D eigenvalue weighted by molar-refractivity contribution is 5.94. The van der Waals surface area contributed by atoms with Crippen molar-refractivity contribution in [2.45, 2.75) is 19.1 Å². The number of hydrogen-bond donors (Lipinski definition) is 1. The third kappa shape index (κ3) is 4.03. The molecule has 1 rings (SSSR count). The summed E-state index contributed by atoms with van der Waals surface area (Å²) in [4.78, 5) is 11.7. The first kappa shape index (κ1) is 14.5. The van der Waals surface area contributed by atoms with Crippen molar-refractivity contribution in [3.8, 4) is 0 Å². The molecule has 0 saturated carbocycles. The minimum atomic E-state index is -4.45. The maximum atomic E-state index is 12.5. The Kier molecular flexibility index (Phi) is 4.72. The number of amides is 1. The smallest absolute Gasteiger partial charge is 0.383 e. The van der Waals surface area contributed by atoms with Gasteiger partial charge in [-0.2, -0.15) is 13.2 Å². The second-order valence-corrected chi connectivity index (χ2v) is 3.91. The average Bonchev–Trinajstić information content (AvgIpc) is 2.28. The molecular formula is C12H14F3NO2. The molecule has 0 aliphatic rings. The number of hydrogen-bond acceptors (Lipinski definition) is 2. The number of rotatable bonds is 4. The van der Waals surface area contributed by atoms with Gasteiger partial charge in [0.1, 0.15) is 0 Å². The number of alkyl halides is 3. The standard InChI is InChI=1S/C12H14F3NO2/c1-8(7-18-2)16-11(17)9-4-3-5-10(6-9)12(13,14)15/h3-6,8H,7H2,1-2H3,(H,16,17)/t8-/m1/s1. The average molecular weight is 261 g/mol. The second-order valence-electron chi connectivity index (χ2n) is 3.91. The van der Waals surface area contributed by atoms with Crippen LogP contribution in [0.15, 0.2) is 24.3 Å². The van der Waals surface area contributed by atoms with E-state index in [0.29, 0.717) is 6.61 Å². The molecule has 0 bridgehead atoms. The first-order chi connectivity index (χ1) is 8.34. The fourth-order valence-electron chi connectivity index (χ4n) is 1.44. The van der Waals surface area contributed by atoms with E-state index in [-0.39, 0.29) is 11.6 Å². The molecule has 0 aliphatic carbocycles. The molecule has 0 aromatic heterocycles. The Balaban J connectivity index is 2.81. The minimum Gasteiger partial charge on any atom is -0.383 e. The summed E-state index contributed by atoms with van der Waals surface area (Å²) in [5, 5.41) is 2.54. The summed E-state index contributed by atoms with van der Waals surface area (Å²) in [5.74, 6) is -0.550. The summed E-state index contributed by atoms with van der Waals surface area (Å²) in [6.45, 7) is 2.00. The van der Waals surface area contributed by atoms with E-state index in [1.807, 2.05) is 0 Å². The molecule has 0 radical (unpaired) electrons. The van der Waals surface area contributed by atoms with Gasteiger partial charge in [-0.1, -0.05) is 6.07 Å². The Morgan fingerprint density at radius 1 is 1.44 bits per heavy atom. The zero-order valence-electron chi connectivity index (χ0n) is 10.0. The summed E-state index contributed by atoms with van der Waals surface area (Å²) >= 11 is 0. The van der Waals surface area contributed by atoms with Crippen LogP contribution in [0.5, 0.6) is 0 Å². The van der Waals surface area contributed by atoms with Gasteiger partial charge >= 0.3 is 6.18 Å². The zero-order chi connectivity index (χ0) is 13.8. The fourth-order valence-corrected chi connectivity index (χ4v) is 1.44. The molecule has 3 nitrogen and oxygen atoms in total. The molecule has 0 aliphatic heterocycles. The molecule has 1 aromatic carbocycles. The summed E-state index contributed by atoms with van der Waals surface area (Å²) in [6, 6.07) is 4.03. The van der Waals surface area contributed by atoms with Crippen molar-refractivity contribution >= 4 is 5.91 Å². The van der Waals surface area contributed by atoms with Crippen molar-refractivity contribution in [2.24, 2.45) is 0 Å². The molecular weight excluding hydrogens is 247 g/mol. The molecule has 0 spiro atoms. The molecule has 0 unspecified atom stereocenters. The number of carbonyl (C=O) groups is 1. The molecule has 6 heteroatoms. The van der Waals surface area contributed by atoms with E-state index < -0.39 is 17.6 Å². The van der Waals surface area contributed by atoms with E-state index >= 15 is 0 Å². The van der Waals surface area contributed by atoms with Crippen LogP contribution in [-0.4, -0.2) is 25.7 Å². The van der Waals surface area contributed by atoms with Crippen LogP contribution >= 0.6 is 0 Å². The third-order valence-electron chi connectivity index (χ3n) is 2.25. The monoisotopic (exact) mass is 261 g/mol. The maximum absolute atomic E-state index is 12.5. The Hall–Kier alpha value is -1.56. The Labute approximate surface area is 103 Å². The van der Waals surface area contributed by atoms with Gasteiger partial charge in [0.2, 0.25) is 0 Å².